The fraction of sp³-hybridized carbons (Fsp3) is 0.571. The number of halogens is 1. The smallest absolute Gasteiger partial charge is 0.150 e. The maximum Gasteiger partial charge on any atom is 0.150 e. The van der Waals surface area contributed by atoms with Crippen LogP contribution in [0.2, 0.25) is 5.02 Å². The van der Waals surface area contributed by atoms with Crippen molar-refractivity contribution in [2.24, 2.45) is 5.92 Å². The molecule has 1 saturated heterocycles. The van der Waals surface area contributed by atoms with Crippen molar-refractivity contribution in [1.82, 2.24) is 5.32 Å². The molecule has 0 spiro atoms. The van der Waals surface area contributed by atoms with E-state index in [2.05, 4.69) is 11.4 Å². The lowest BCUT2D eigenvalue weighted by atomic mass is 9.89. The van der Waals surface area contributed by atoms with Crippen LogP contribution < -0.4 is 5.32 Å². The third kappa shape index (κ3) is 3.12. The van der Waals surface area contributed by atoms with Gasteiger partial charge in [-0.2, -0.15) is 0 Å². The summed E-state index contributed by atoms with van der Waals surface area (Å²) in [5.41, 5.74) is 3.30. The van der Waals surface area contributed by atoms with Crippen molar-refractivity contribution in [3.63, 3.8) is 0 Å². The van der Waals surface area contributed by atoms with Crippen LogP contribution in [0.5, 0.6) is 0 Å². The molecule has 5 heteroatoms. The Labute approximate surface area is 120 Å². The van der Waals surface area contributed by atoms with Gasteiger partial charge in [-0.3, -0.25) is 0 Å². The number of hydrogen-bond donors (Lipinski definition) is 1. The van der Waals surface area contributed by atoms with Gasteiger partial charge in [-0.25, -0.2) is 8.42 Å². The van der Waals surface area contributed by atoms with Gasteiger partial charge < -0.3 is 5.32 Å². The highest BCUT2D eigenvalue weighted by molar-refractivity contribution is 7.91. The van der Waals surface area contributed by atoms with E-state index in [-0.39, 0.29) is 17.7 Å². The summed E-state index contributed by atoms with van der Waals surface area (Å²) in [4.78, 5) is 0. The Morgan fingerprint density at radius 2 is 2.00 bits per heavy atom. The fourth-order valence-electron chi connectivity index (χ4n) is 2.87. The summed E-state index contributed by atoms with van der Waals surface area (Å²) in [6, 6.07) is 4.11. The van der Waals surface area contributed by atoms with E-state index in [0.717, 1.165) is 28.1 Å². The molecule has 0 radical (unpaired) electrons. The lowest BCUT2D eigenvalue weighted by Crippen LogP contribution is -2.27. The molecule has 19 heavy (non-hydrogen) atoms. The fourth-order valence-corrected chi connectivity index (χ4v) is 4.93. The van der Waals surface area contributed by atoms with Crippen LogP contribution in [0, 0.1) is 19.8 Å². The van der Waals surface area contributed by atoms with Crippen molar-refractivity contribution >= 4 is 21.4 Å². The molecule has 2 atom stereocenters. The molecule has 0 bridgehead atoms. The molecular formula is C14H20ClNO2S. The van der Waals surface area contributed by atoms with E-state index in [9.17, 15) is 8.42 Å². The average Bonchev–Trinajstić information content (AvgIpc) is 2.67. The molecule has 1 aromatic rings. The van der Waals surface area contributed by atoms with Crippen LogP contribution in [0.25, 0.3) is 0 Å². The molecule has 1 aliphatic heterocycles. The Balaban J connectivity index is 2.35. The molecule has 1 heterocycles. The molecule has 0 aromatic heterocycles. The van der Waals surface area contributed by atoms with Crippen LogP contribution in [0.1, 0.15) is 29.2 Å². The minimum atomic E-state index is -2.86. The highest BCUT2D eigenvalue weighted by atomic mass is 35.5. The minimum absolute atomic E-state index is 0.0771. The van der Waals surface area contributed by atoms with Crippen molar-refractivity contribution in [3.8, 4) is 0 Å². The zero-order chi connectivity index (χ0) is 14.2. The highest BCUT2D eigenvalue weighted by Gasteiger charge is 2.34. The number of nitrogens with one attached hydrogen (secondary N) is 1. The first-order valence-corrected chi connectivity index (χ1v) is 8.68. The summed E-state index contributed by atoms with van der Waals surface area (Å²) in [5.74, 6) is 0.732. The monoisotopic (exact) mass is 301 g/mol. The number of hydrogen-bond acceptors (Lipinski definition) is 3. The Hall–Kier alpha value is -0.580. The van der Waals surface area contributed by atoms with Crippen LogP contribution in [0.15, 0.2) is 12.1 Å². The molecule has 3 nitrogen and oxygen atoms in total. The van der Waals surface area contributed by atoms with E-state index in [1.165, 1.54) is 0 Å². The molecule has 0 aliphatic carbocycles. The van der Waals surface area contributed by atoms with Gasteiger partial charge in [-0.05, 0) is 56.0 Å². The van der Waals surface area contributed by atoms with E-state index in [1.54, 1.807) is 0 Å². The van der Waals surface area contributed by atoms with E-state index in [1.807, 2.05) is 27.0 Å². The normalized spacial score (nSPS) is 23.5. The van der Waals surface area contributed by atoms with Crippen LogP contribution >= 0.6 is 11.6 Å². The maximum absolute atomic E-state index is 11.6. The molecule has 1 fully saturated rings. The molecule has 1 aliphatic rings. The first kappa shape index (κ1) is 14.8. The predicted octanol–water partition coefficient (Wildman–Crippen LogP) is 2.65. The maximum atomic E-state index is 11.6. The van der Waals surface area contributed by atoms with Crippen molar-refractivity contribution < 1.29 is 8.42 Å². The van der Waals surface area contributed by atoms with E-state index < -0.39 is 9.84 Å². The Kier molecular flexibility index (Phi) is 4.23. The number of rotatable bonds is 3. The summed E-state index contributed by atoms with van der Waals surface area (Å²) < 4.78 is 23.3. The number of sulfone groups is 1. The SMILES string of the molecule is CNC(c1cc(C)c(Cl)cc1C)C1CCS(=O)(=O)C1. The lowest BCUT2D eigenvalue weighted by Gasteiger charge is -2.25. The zero-order valence-corrected chi connectivity index (χ0v) is 13.1. The van der Waals surface area contributed by atoms with Gasteiger partial charge in [0.2, 0.25) is 0 Å². The van der Waals surface area contributed by atoms with Gasteiger partial charge in [-0.1, -0.05) is 17.7 Å². The van der Waals surface area contributed by atoms with Gasteiger partial charge >= 0.3 is 0 Å². The zero-order valence-electron chi connectivity index (χ0n) is 11.5. The molecular weight excluding hydrogens is 282 g/mol. The Morgan fingerprint density at radius 1 is 1.32 bits per heavy atom. The topological polar surface area (TPSA) is 46.2 Å². The number of aryl methyl sites for hydroxylation is 2. The molecule has 0 saturated carbocycles. The van der Waals surface area contributed by atoms with Crippen LogP contribution in [-0.4, -0.2) is 27.0 Å². The highest BCUT2D eigenvalue weighted by Crippen LogP contribution is 2.34. The molecule has 0 amide bonds. The van der Waals surface area contributed by atoms with E-state index >= 15 is 0 Å². The van der Waals surface area contributed by atoms with Gasteiger partial charge in [-0.15, -0.1) is 0 Å². The minimum Gasteiger partial charge on any atom is -0.313 e. The Bertz CT molecular complexity index is 583. The van der Waals surface area contributed by atoms with Gasteiger partial charge in [0.1, 0.15) is 0 Å². The van der Waals surface area contributed by atoms with E-state index in [4.69, 9.17) is 11.6 Å². The van der Waals surface area contributed by atoms with E-state index in [0.29, 0.717) is 5.75 Å². The van der Waals surface area contributed by atoms with Crippen LogP contribution in [-0.2, 0) is 9.84 Å². The Morgan fingerprint density at radius 3 is 2.53 bits per heavy atom. The largest absolute Gasteiger partial charge is 0.313 e. The lowest BCUT2D eigenvalue weighted by molar-refractivity contribution is 0.417. The quantitative estimate of drug-likeness (QED) is 0.933. The predicted molar refractivity (Wildman–Crippen MR) is 79.5 cm³/mol. The molecule has 2 unspecified atom stereocenters. The third-order valence-corrected chi connectivity index (χ3v) is 6.13. The van der Waals surface area contributed by atoms with Gasteiger partial charge in [0.15, 0.2) is 9.84 Å². The first-order valence-electron chi connectivity index (χ1n) is 6.48. The van der Waals surface area contributed by atoms with Crippen LogP contribution in [0.3, 0.4) is 0 Å². The summed E-state index contributed by atoms with van der Waals surface area (Å²) in [5, 5.41) is 4.04. The van der Waals surface area contributed by atoms with Crippen molar-refractivity contribution in [2.75, 3.05) is 18.6 Å². The van der Waals surface area contributed by atoms with Crippen molar-refractivity contribution in [1.29, 1.82) is 0 Å². The van der Waals surface area contributed by atoms with Gasteiger partial charge in [0.25, 0.3) is 0 Å². The van der Waals surface area contributed by atoms with Crippen molar-refractivity contribution in [3.05, 3.63) is 33.8 Å². The molecule has 2 rings (SSSR count). The van der Waals surface area contributed by atoms with Gasteiger partial charge in [0, 0.05) is 11.1 Å². The molecule has 1 N–H and O–H groups in total. The summed E-state index contributed by atoms with van der Waals surface area (Å²) >= 11 is 6.12. The first-order chi connectivity index (χ1) is 8.84. The second-order valence-corrected chi connectivity index (χ2v) is 8.02. The standard InChI is InChI=1S/C14H20ClNO2S/c1-9-7-13(15)10(2)6-12(9)14(16-3)11-4-5-19(17,18)8-11/h6-7,11,14,16H,4-5,8H2,1-3H3. The molecule has 106 valence electrons. The second kappa shape index (κ2) is 5.43. The summed E-state index contributed by atoms with van der Waals surface area (Å²) in [7, 11) is -0.968. The molecule has 1 aromatic carbocycles. The summed E-state index contributed by atoms with van der Waals surface area (Å²) in [6.07, 6.45) is 0.731. The second-order valence-electron chi connectivity index (χ2n) is 5.39. The third-order valence-electron chi connectivity index (χ3n) is 3.93. The van der Waals surface area contributed by atoms with Crippen molar-refractivity contribution in [2.45, 2.75) is 26.3 Å². The average molecular weight is 302 g/mol. The number of benzene rings is 1. The van der Waals surface area contributed by atoms with Crippen LogP contribution in [0.4, 0.5) is 0 Å². The van der Waals surface area contributed by atoms with Gasteiger partial charge in [0.05, 0.1) is 11.5 Å². The summed E-state index contributed by atoms with van der Waals surface area (Å²) in [6.45, 7) is 4.00.